The van der Waals surface area contributed by atoms with Crippen LogP contribution in [0.1, 0.15) is 36.5 Å². The van der Waals surface area contributed by atoms with Gasteiger partial charge in [0.25, 0.3) is 0 Å². The number of hydrogen-bond acceptors (Lipinski definition) is 4. The number of Topliss-reactive ketones (excluding diaryl/α,β-unsaturated/α-hetero) is 1. The van der Waals surface area contributed by atoms with E-state index in [2.05, 4.69) is 6.92 Å². The van der Waals surface area contributed by atoms with Crippen LogP contribution >= 0.6 is 0 Å². The van der Waals surface area contributed by atoms with Crippen LogP contribution in [0, 0.1) is 5.92 Å². The van der Waals surface area contributed by atoms with Crippen LogP contribution in [-0.2, 0) is 4.74 Å². The lowest BCUT2D eigenvalue weighted by Gasteiger charge is -2.16. The van der Waals surface area contributed by atoms with Crippen LogP contribution in [0.4, 0.5) is 0 Å². The molecule has 2 unspecified atom stereocenters. The second-order valence-corrected chi connectivity index (χ2v) is 5.29. The lowest BCUT2D eigenvalue weighted by molar-refractivity contribution is 0.0689. The molecule has 0 spiro atoms. The summed E-state index contributed by atoms with van der Waals surface area (Å²) >= 11 is 0. The minimum atomic E-state index is -0.0234. The van der Waals surface area contributed by atoms with Crippen LogP contribution in [0.5, 0.6) is 11.5 Å². The molecule has 0 saturated carbocycles. The van der Waals surface area contributed by atoms with Crippen LogP contribution in [0.3, 0.4) is 0 Å². The molecule has 0 radical (unpaired) electrons. The molecule has 1 aromatic rings. The Morgan fingerprint density at radius 1 is 1.20 bits per heavy atom. The first kappa shape index (κ1) is 13.4. The second kappa shape index (κ2) is 5.83. The maximum absolute atomic E-state index is 12.6. The zero-order chi connectivity index (χ0) is 13.9. The molecule has 108 valence electrons. The molecule has 0 aromatic heterocycles. The Morgan fingerprint density at radius 3 is 2.80 bits per heavy atom. The van der Waals surface area contributed by atoms with Crippen LogP contribution in [0.25, 0.3) is 0 Å². The lowest BCUT2D eigenvalue weighted by Crippen LogP contribution is -2.23. The molecule has 0 N–H and O–H groups in total. The Kier molecular flexibility index (Phi) is 3.92. The molecule has 4 nitrogen and oxygen atoms in total. The Balaban J connectivity index is 1.83. The fourth-order valence-corrected chi connectivity index (χ4v) is 2.88. The zero-order valence-corrected chi connectivity index (χ0v) is 11.8. The summed E-state index contributed by atoms with van der Waals surface area (Å²) < 4.78 is 16.8. The minimum Gasteiger partial charge on any atom is -0.490 e. The van der Waals surface area contributed by atoms with Crippen molar-refractivity contribution in [3.8, 4) is 11.5 Å². The predicted molar refractivity (Wildman–Crippen MR) is 74.5 cm³/mol. The van der Waals surface area contributed by atoms with Crippen molar-refractivity contribution >= 4 is 5.78 Å². The summed E-state index contributed by atoms with van der Waals surface area (Å²) in [7, 11) is 0. The monoisotopic (exact) mass is 276 g/mol. The predicted octanol–water partition coefficient (Wildman–Crippen LogP) is 2.85. The number of carbonyl (C=O) groups excluding carboxylic acids is 1. The van der Waals surface area contributed by atoms with Crippen molar-refractivity contribution < 1.29 is 19.0 Å². The van der Waals surface area contributed by atoms with Crippen molar-refractivity contribution in [2.24, 2.45) is 5.92 Å². The van der Waals surface area contributed by atoms with E-state index in [9.17, 15) is 4.79 Å². The fourth-order valence-electron chi connectivity index (χ4n) is 2.88. The third kappa shape index (κ3) is 2.52. The van der Waals surface area contributed by atoms with Crippen molar-refractivity contribution in [2.75, 3.05) is 19.8 Å². The van der Waals surface area contributed by atoms with Gasteiger partial charge in [-0.1, -0.05) is 6.92 Å². The summed E-state index contributed by atoms with van der Waals surface area (Å²) in [6.45, 7) is 4.03. The second-order valence-electron chi connectivity index (χ2n) is 5.29. The molecule has 1 saturated heterocycles. The molecule has 4 heteroatoms. The Bertz CT molecular complexity index is 497. The van der Waals surface area contributed by atoms with Crippen molar-refractivity contribution in [1.29, 1.82) is 0 Å². The van der Waals surface area contributed by atoms with E-state index >= 15 is 0 Å². The molecule has 2 aliphatic heterocycles. The molecule has 2 heterocycles. The number of carbonyl (C=O) groups is 1. The molecule has 0 aliphatic carbocycles. The Labute approximate surface area is 119 Å². The topological polar surface area (TPSA) is 44.8 Å². The van der Waals surface area contributed by atoms with Gasteiger partial charge in [0, 0.05) is 18.6 Å². The molecule has 0 bridgehead atoms. The summed E-state index contributed by atoms with van der Waals surface area (Å²) in [6, 6.07) is 5.49. The summed E-state index contributed by atoms with van der Waals surface area (Å²) in [5.41, 5.74) is 0.697. The normalized spacial score (nSPS) is 25.2. The van der Waals surface area contributed by atoms with Crippen LogP contribution < -0.4 is 9.47 Å². The largest absolute Gasteiger partial charge is 0.490 e. The van der Waals surface area contributed by atoms with Gasteiger partial charge in [-0.25, -0.2) is 0 Å². The molecule has 0 amide bonds. The standard InChI is InChI=1S/C16H20O4/c1-2-13-12(6-9-20-13)16(17)11-4-5-14-15(10-11)19-8-3-7-18-14/h4-5,10,12-13H,2-3,6-9H2,1H3. The van der Waals surface area contributed by atoms with Crippen LogP contribution in [0.2, 0.25) is 0 Å². The third-order valence-electron chi connectivity index (χ3n) is 3.98. The van der Waals surface area contributed by atoms with Crippen molar-refractivity contribution in [3.63, 3.8) is 0 Å². The highest BCUT2D eigenvalue weighted by Gasteiger charge is 2.33. The smallest absolute Gasteiger partial charge is 0.168 e. The van der Waals surface area contributed by atoms with Crippen molar-refractivity contribution in [2.45, 2.75) is 32.3 Å². The molecule has 1 fully saturated rings. The molecule has 3 rings (SSSR count). The van der Waals surface area contributed by atoms with E-state index in [-0.39, 0.29) is 17.8 Å². The highest BCUT2D eigenvalue weighted by Crippen LogP contribution is 2.33. The molecule has 1 aromatic carbocycles. The van der Waals surface area contributed by atoms with Gasteiger partial charge in [0.2, 0.25) is 0 Å². The van der Waals surface area contributed by atoms with E-state index in [0.29, 0.717) is 31.1 Å². The van der Waals surface area contributed by atoms with E-state index < -0.39 is 0 Å². The van der Waals surface area contributed by atoms with Gasteiger partial charge in [-0.3, -0.25) is 4.79 Å². The number of rotatable bonds is 3. The fraction of sp³-hybridized carbons (Fsp3) is 0.562. The lowest BCUT2D eigenvalue weighted by atomic mass is 9.90. The van der Waals surface area contributed by atoms with Gasteiger partial charge in [0.05, 0.1) is 25.2 Å². The first-order chi connectivity index (χ1) is 9.79. The van der Waals surface area contributed by atoms with Crippen molar-refractivity contribution in [3.05, 3.63) is 23.8 Å². The molecule has 20 heavy (non-hydrogen) atoms. The molecular formula is C16H20O4. The Morgan fingerprint density at radius 2 is 2.00 bits per heavy atom. The van der Waals surface area contributed by atoms with Crippen LogP contribution in [0.15, 0.2) is 18.2 Å². The van der Waals surface area contributed by atoms with Gasteiger partial charge in [0.15, 0.2) is 17.3 Å². The number of benzene rings is 1. The van der Waals surface area contributed by atoms with E-state index in [0.717, 1.165) is 25.0 Å². The van der Waals surface area contributed by atoms with Gasteiger partial charge < -0.3 is 14.2 Å². The van der Waals surface area contributed by atoms with Crippen molar-refractivity contribution in [1.82, 2.24) is 0 Å². The molecular weight excluding hydrogens is 256 g/mol. The van der Waals surface area contributed by atoms with E-state index in [1.807, 2.05) is 18.2 Å². The maximum atomic E-state index is 12.6. The highest BCUT2D eigenvalue weighted by atomic mass is 16.5. The number of ether oxygens (including phenoxy) is 3. The van der Waals surface area contributed by atoms with Gasteiger partial charge in [-0.2, -0.15) is 0 Å². The average Bonchev–Trinajstić information content (AvgIpc) is 2.83. The summed E-state index contributed by atoms with van der Waals surface area (Å²) in [5.74, 6) is 1.55. The summed E-state index contributed by atoms with van der Waals surface area (Å²) in [4.78, 5) is 12.6. The van der Waals surface area contributed by atoms with Gasteiger partial charge in [-0.05, 0) is 31.0 Å². The molecule has 2 atom stereocenters. The maximum Gasteiger partial charge on any atom is 0.168 e. The zero-order valence-electron chi connectivity index (χ0n) is 11.8. The van der Waals surface area contributed by atoms with Gasteiger partial charge in [-0.15, -0.1) is 0 Å². The quantitative estimate of drug-likeness (QED) is 0.796. The highest BCUT2D eigenvalue weighted by molar-refractivity contribution is 5.99. The van der Waals surface area contributed by atoms with Gasteiger partial charge >= 0.3 is 0 Å². The SMILES string of the molecule is CCC1OCCC1C(=O)c1ccc2c(c1)OCCCO2. The van der Waals surface area contributed by atoms with Crippen LogP contribution in [-0.4, -0.2) is 31.7 Å². The number of ketones is 1. The molecule has 2 aliphatic rings. The average molecular weight is 276 g/mol. The van der Waals surface area contributed by atoms with E-state index in [1.165, 1.54) is 0 Å². The van der Waals surface area contributed by atoms with E-state index in [4.69, 9.17) is 14.2 Å². The summed E-state index contributed by atoms with van der Waals surface area (Å²) in [5, 5.41) is 0. The minimum absolute atomic E-state index is 0.0234. The first-order valence-corrected chi connectivity index (χ1v) is 7.35. The number of fused-ring (bicyclic) bond motifs is 1. The Hall–Kier alpha value is -1.55. The number of hydrogen-bond donors (Lipinski definition) is 0. The summed E-state index contributed by atoms with van der Waals surface area (Å²) in [6.07, 6.45) is 2.61. The van der Waals surface area contributed by atoms with E-state index in [1.54, 1.807) is 0 Å². The van der Waals surface area contributed by atoms with Gasteiger partial charge in [0.1, 0.15) is 0 Å². The first-order valence-electron chi connectivity index (χ1n) is 7.35. The third-order valence-corrected chi connectivity index (χ3v) is 3.98.